The fraction of sp³-hybridized carbons (Fsp3) is 0.400. The van der Waals surface area contributed by atoms with Crippen molar-refractivity contribution in [3.63, 3.8) is 0 Å². The number of carbonyl (C=O) groups excluding carboxylic acids is 1. The third-order valence-corrected chi connectivity index (χ3v) is 5.04. The van der Waals surface area contributed by atoms with E-state index in [0.29, 0.717) is 49.0 Å². The molecule has 0 saturated heterocycles. The van der Waals surface area contributed by atoms with E-state index in [1.165, 1.54) is 0 Å². The molecule has 142 valence electrons. The molecule has 27 heavy (non-hydrogen) atoms. The average Bonchev–Trinajstić information content (AvgIpc) is 2.69. The molecule has 0 radical (unpaired) electrons. The fourth-order valence-electron chi connectivity index (χ4n) is 3.48. The van der Waals surface area contributed by atoms with Crippen LogP contribution in [0.2, 0.25) is 0 Å². The molecule has 2 aliphatic rings. The van der Waals surface area contributed by atoms with Crippen molar-refractivity contribution in [3.8, 4) is 17.4 Å². The summed E-state index contributed by atoms with van der Waals surface area (Å²) in [5.41, 5.74) is 1.39. The van der Waals surface area contributed by atoms with Crippen LogP contribution in [0, 0.1) is 5.92 Å². The molecule has 7 heteroatoms. The second kappa shape index (κ2) is 7.44. The number of aliphatic hydroxyl groups is 1. The predicted molar refractivity (Wildman–Crippen MR) is 97.2 cm³/mol. The number of nitrogens with zero attached hydrogens (tertiary/aromatic N) is 1. The van der Waals surface area contributed by atoms with E-state index >= 15 is 0 Å². The van der Waals surface area contributed by atoms with Crippen LogP contribution in [0.1, 0.15) is 34.8 Å². The van der Waals surface area contributed by atoms with Crippen LogP contribution < -0.4 is 19.5 Å². The Kier molecular flexibility index (Phi) is 4.85. The first kappa shape index (κ1) is 17.6. The summed E-state index contributed by atoms with van der Waals surface area (Å²) in [6.45, 7) is 0.979. The monoisotopic (exact) mass is 370 g/mol. The Balaban J connectivity index is 1.54. The maximum absolute atomic E-state index is 12.8. The molecule has 1 saturated carbocycles. The quantitative estimate of drug-likeness (QED) is 0.838. The summed E-state index contributed by atoms with van der Waals surface area (Å²) in [7, 11) is 1.56. The number of methoxy groups -OCH3 is 1. The highest BCUT2D eigenvalue weighted by Gasteiger charge is 2.36. The number of pyridine rings is 1. The van der Waals surface area contributed by atoms with Crippen LogP contribution in [0.25, 0.3) is 0 Å². The number of hydrogen-bond acceptors (Lipinski definition) is 6. The molecule has 1 aliphatic heterocycles. The molecule has 1 aliphatic carbocycles. The molecule has 1 fully saturated rings. The molecule has 2 aromatic rings. The molecule has 4 rings (SSSR count). The van der Waals surface area contributed by atoms with Crippen molar-refractivity contribution in [2.45, 2.75) is 25.0 Å². The van der Waals surface area contributed by atoms with Crippen molar-refractivity contribution in [2.75, 3.05) is 20.3 Å². The molecule has 7 nitrogen and oxygen atoms in total. The largest absolute Gasteiger partial charge is 0.486 e. The molecule has 2 heterocycles. The number of hydrogen-bond donors (Lipinski definition) is 2. The molecular formula is C20H22N2O5. The van der Waals surface area contributed by atoms with E-state index in [-0.39, 0.29) is 24.0 Å². The van der Waals surface area contributed by atoms with E-state index in [1.807, 2.05) is 6.07 Å². The van der Waals surface area contributed by atoms with E-state index in [9.17, 15) is 9.90 Å². The van der Waals surface area contributed by atoms with Crippen molar-refractivity contribution in [3.05, 3.63) is 47.7 Å². The van der Waals surface area contributed by atoms with Gasteiger partial charge in [0.25, 0.3) is 5.91 Å². The number of ether oxygens (including phenoxy) is 3. The lowest BCUT2D eigenvalue weighted by Gasteiger charge is -2.38. The van der Waals surface area contributed by atoms with Crippen LogP contribution in [0.15, 0.2) is 36.5 Å². The highest BCUT2D eigenvalue weighted by molar-refractivity contribution is 5.95. The minimum absolute atomic E-state index is 0.163. The molecule has 1 amide bonds. The van der Waals surface area contributed by atoms with Gasteiger partial charge in [0.15, 0.2) is 11.5 Å². The van der Waals surface area contributed by atoms with Crippen molar-refractivity contribution < 1.29 is 24.1 Å². The van der Waals surface area contributed by atoms with E-state index < -0.39 is 0 Å². The van der Waals surface area contributed by atoms with E-state index in [4.69, 9.17) is 14.2 Å². The van der Waals surface area contributed by atoms with E-state index in [2.05, 4.69) is 10.3 Å². The van der Waals surface area contributed by atoms with Gasteiger partial charge in [0.2, 0.25) is 5.88 Å². The van der Waals surface area contributed by atoms with Gasteiger partial charge >= 0.3 is 0 Å². The van der Waals surface area contributed by atoms with Crippen molar-refractivity contribution in [1.82, 2.24) is 10.3 Å². The lowest BCUT2D eigenvalue weighted by molar-refractivity contribution is 0.0234. The minimum Gasteiger partial charge on any atom is -0.486 e. The third-order valence-electron chi connectivity index (χ3n) is 5.04. The molecule has 1 atom stereocenters. The first-order valence-corrected chi connectivity index (χ1v) is 9.02. The third kappa shape index (κ3) is 3.68. The maximum Gasteiger partial charge on any atom is 0.251 e. The van der Waals surface area contributed by atoms with Crippen molar-refractivity contribution in [1.29, 1.82) is 0 Å². The summed E-state index contributed by atoms with van der Waals surface area (Å²) < 4.78 is 16.2. The van der Waals surface area contributed by atoms with Crippen LogP contribution in [0.4, 0.5) is 0 Å². The molecule has 0 bridgehead atoms. The zero-order valence-corrected chi connectivity index (χ0v) is 15.1. The van der Waals surface area contributed by atoms with Crippen LogP contribution in [-0.2, 0) is 0 Å². The number of aromatic nitrogens is 1. The van der Waals surface area contributed by atoms with Crippen LogP contribution >= 0.6 is 0 Å². The topological polar surface area (TPSA) is 89.9 Å². The zero-order valence-electron chi connectivity index (χ0n) is 15.1. The Morgan fingerprint density at radius 1 is 1.22 bits per heavy atom. The highest BCUT2D eigenvalue weighted by Crippen LogP contribution is 2.38. The number of benzene rings is 1. The van der Waals surface area contributed by atoms with Gasteiger partial charge in [-0.25, -0.2) is 4.98 Å². The van der Waals surface area contributed by atoms with Crippen LogP contribution in [0.3, 0.4) is 0 Å². The summed E-state index contributed by atoms with van der Waals surface area (Å²) in [5.74, 6) is 1.71. The molecule has 2 N–H and O–H groups in total. The van der Waals surface area contributed by atoms with Gasteiger partial charge in [0.1, 0.15) is 13.2 Å². The molecule has 1 unspecified atom stereocenters. The standard InChI is InChI=1S/C20H22N2O5/c1-25-18-5-3-13(11-21-18)19(14-8-15(23)9-14)22-20(24)12-2-4-16-17(10-12)27-7-6-26-16/h2-5,10-11,14-15,19,23H,6-9H2,1H3,(H,22,24). The van der Waals surface area contributed by atoms with Gasteiger partial charge in [0.05, 0.1) is 19.3 Å². The van der Waals surface area contributed by atoms with Gasteiger partial charge < -0.3 is 24.6 Å². The Morgan fingerprint density at radius 3 is 2.67 bits per heavy atom. The van der Waals surface area contributed by atoms with Crippen LogP contribution in [-0.4, -0.2) is 42.4 Å². The smallest absolute Gasteiger partial charge is 0.251 e. The van der Waals surface area contributed by atoms with E-state index in [1.54, 1.807) is 37.6 Å². The Bertz CT molecular complexity index is 818. The number of fused-ring (bicyclic) bond motifs is 1. The van der Waals surface area contributed by atoms with E-state index in [0.717, 1.165) is 5.56 Å². The van der Waals surface area contributed by atoms with Gasteiger partial charge in [-0.3, -0.25) is 4.79 Å². The zero-order chi connectivity index (χ0) is 18.8. The predicted octanol–water partition coefficient (Wildman–Crippen LogP) is 2.10. The number of aliphatic hydroxyl groups excluding tert-OH is 1. The van der Waals surface area contributed by atoms with Crippen LogP contribution in [0.5, 0.6) is 17.4 Å². The number of rotatable bonds is 5. The lowest BCUT2D eigenvalue weighted by atomic mass is 9.75. The first-order chi connectivity index (χ1) is 13.1. The van der Waals surface area contributed by atoms with Crippen molar-refractivity contribution >= 4 is 5.91 Å². The Morgan fingerprint density at radius 2 is 2.00 bits per heavy atom. The van der Waals surface area contributed by atoms with Gasteiger partial charge in [-0.05, 0) is 42.5 Å². The summed E-state index contributed by atoms with van der Waals surface area (Å²) in [6, 6.07) is 8.61. The molecular weight excluding hydrogens is 348 g/mol. The normalized spacial score (nSPS) is 21.7. The Hall–Kier alpha value is -2.80. The highest BCUT2D eigenvalue weighted by atomic mass is 16.6. The van der Waals surface area contributed by atoms with Gasteiger partial charge in [-0.15, -0.1) is 0 Å². The first-order valence-electron chi connectivity index (χ1n) is 9.02. The second-order valence-corrected chi connectivity index (χ2v) is 6.83. The second-order valence-electron chi connectivity index (χ2n) is 6.83. The molecule has 1 aromatic heterocycles. The molecule has 0 spiro atoms. The van der Waals surface area contributed by atoms with Gasteiger partial charge in [-0.2, -0.15) is 0 Å². The van der Waals surface area contributed by atoms with Gasteiger partial charge in [0, 0.05) is 17.8 Å². The summed E-state index contributed by atoms with van der Waals surface area (Å²) in [5, 5.41) is 12.8. The maximum atomic E-state index is 12.8. The summed E-state index contributed by atoms with van der Waals surface area (Å²) in [6.07, 6.45) is 2.70. The average molecular weight is 370 g/mol. The Labute approximate surface area is 157 Å². The SMILES string of the molecule is COc1ccc(C(NC(=O)c2ccc3c(c2)OCCO3)C2CC(O)C2)cn1. The lowest BCUT2D eigenvalue weighted by Crippen LogP contribution is -2.41. The number of nitrogens with one attached hydrogen (secondary N) is 1. The summed E-state index contributed by atoms with van der Waals surface area (Å²) in [4.78, 5) is 17.1. The van der Waals surface area contributed by atoms with Crippen molar-refractivity contribution in [2.24, 2.45) is 5.92 Å². The number of amides is 1. The number of carbonyl (C=O) groups is 1. The summed E-state index contributed by atoms with van der Waals surface area (Å²) >= 11 is 0. The fourth-order valence-corrected chi connectivity index (χ4v) is 3.48. The molecule has 1 aromatic carbocycles. The van der Waals surface area contributed by atoms with Gasteiger partial charge in [-0.1, -0.05) is 6.07 Å². The minimum atomic E-state index is -0.310.